The van der Waals surface area contributed by atoms with Gasteiger partial charge in [-0.05, 0) is 33.4 Å². The van der Waals surface area contributed by atoms with Crippen molar-refractivity contribution in [2.75, 3.05) is 15.5 Å². The van der Waals surface area contributed by atoms with Crippen LogP contribution in [0.3, 0.4) is 0 Å². The number of nitrogens with zero attached hydrogens (tertiary/aromatic N) is 3. The number of hydrogen-bond acceptors (Lipinski definition) is 11. The van der Waals surface area contributed by atoms with Crippen LogP contribution in [-0.4, -0.2) is 66.1 Å². The number of fused-ring (bicyclic) bond motifs is 1. The minimum absolute atomic E-state index is 0.0710. The zero-order valence-electron chi connectivity index (χ0n) is 36.1. The molecule has 0 bridgehead atoms. The Hall–Kier alpha value is -7.08. The van der Waals surface area contributed by atoms with Crippen LogP contribution in [0.5, 0.6) is 0 Å². The quantitative estimate of drug-likeness (QED) is 0.0153. The van der Waals surface area contributed by atoms with Crippen LogP contribution in [0.15, 0.2) is 204 Å². The molecule has 2 aliphatic rings. The zero-order chi connectivity index (χ0) is 47.0. The number of benzene rings is 6. The minimum atomic E-state index is -1.46. The molecule has 1 fully saturated rings. The molecule has 1 unspecified atom stereocenters. The maximum absolute atomic E-state index is 14.7. The number of ether oxygens (including phenoxy) is 1. The van der Waals surface area contributed by atoms with Gasteiger partial charge in [-0.25, -0.2) is 14.6 Å². The Morgan fingerprint density at radius 1 is 0.750 bits per heavy atom. The van der Waals surface area contributed by atoms with Gasteiger partial charge < -0.3 is 25.3 Å². The normalized spacial score (nSPS) is 16.3. The molecule has 3 heterocycles. The van der Waals surface area contributed by atoms with Crippen LogP contribution >= 0.6 is 45.7 Å². The summed E-state index contributed by atoms with van der Waals surface area (Å²) >= 11 is 4.67. The lowest BCUT2D eigenvalue weighted by molar-refractivity contribution is -0.162. The first-order valence-corrected chi connectivity index (χ1v) is 25.0. The lowest BCUT2D eigenvalue weighted by Crippen LogP contribution is -2.71. The Bertz CT molecular complexity index is 2830. The molecule has 9 rings (SSSR count). The number of thiazole rings is 1. The van der Waals surface area contributed by atoms with Crippen molar-refractivity contribution < 1.29 is 33.9 Å². The average molecular weight is 1050 g/mol. The van der Waals surface area contributed by atoms with Gasteiger partial charge in [-0.1, -0.05) is 210 Å². The number of carboxylic acid groups (broad SMARTS) is 1. The van der Waals surface area contributed by atoms with E-state index in [0.29, 0.717) is 26.4 Å². The Morgan fingerprint density at radius 3 is 1.72 bits per heavy atom. The number of rotatable bonds is 17. The molecule has 1 aromatic heterocycles. The maximum Gasteiger partial charge on any atom is 0.355 e. The highest BCUT2D eigenvalue weighted by Gasteiger charge is 2.54. The number of carboxylic acids is 1. The van der Waals surface area contributed by atoms with Gasteiger partial charge in [-0.2, -0.15) is 0 Å². The smallest absolute Gasteiger partial charge is 0.355 e. The summed E-state index contributed by atoms with van der Waals surface area (Å²) in [6.07, 6.45) is -2.27. The molecule has 3 N–H and O–H groups in total. The van der Waals surface area contributed by atoms with E-state index in [1.54, 1.807) is 35.7 Å². The fourth-order valence-electron chi connectivity index (χ4n) is 8.32. The standard InChI is InChI=1S/C53H42IN5O7S2/c54-31-37-32-67-49-43(48(61)59(49)44(37)50(62)63)56-47(60)42(58-66-46(36-23-11-3-12-24-36)51(64)65-45(34-19-7-1-8-20-34)35-21-9-2-10-22-35)41-33-68-52(55-41)57-53(38-25-13-4-14-26-38,39-27-15-5-16-28-39)40-29-17-6-18-30-40/h1-30,33,43,45-46,49H,31-32H2,(H,55,57)(H,56,60)(H,62,63)/t43-,46?,49+/m1/s1. The third kappa shape index (κ3) is 9.41. The number of anilines is 1. The predicted octanol–water partition coefficient (Wildman–Crippen LogP) is 9.52. The number of oxime groups is 1. The minimum Gasteiger partial charge on any atom is -0.477 e. The molecule has 0 saturated carbocycles. The van der Waals surface area contributed by atoms with E-state index in [4.69, 9.17) is 14.6 Å². The fourth-order valence-corrected chi connectivity index (χ4v) is 11.4. The third-order valence-corrected chi connectivity index (χ3v) is 14.6. The molecule has 1 saturated heterocycles. The number of nitrogens with one attached hydrogen (secondary N) is 2. The molecule has 3 atom stereocenters. The number of aliphatic carboxylic acids is 1. The van der Waals surface area contributed by atoms with E-state index < -0.39 is 52.9 Å². The highest BCUT2D eigenvalue weighted by Crippen LogP contribution is 2.42. The first-order valence-electron chi connectivity index (χ1n) is 21.5. The summed E-state index contributed by atoms with van der Waals surface area (Å²) in [6.45, 7) is 0. The van der Waals surface area contributed by atoms with Gasteiger partial charge in [-0.3, -0.25) is 14.5 Å². The third-order valence-electron chi connectivity index (χ3n) is 11.6. The number of thioether (sulfide) groups is 1. The summed E-state index contributed by atoms with van der Waals surface area (Å²) in [5.74, 6) is -3.02. The maximum atomic E-state index is 14.7. The van der Waals surface area contributed by atoms with Crippen molar-refractivity contribution >= 4 is 80.3 Å². The molecular weight excluding hydrogens is 1010 g/mol. The van der Waals surface area contributed by atoms with E-state index in [1.165, 1.54) is 28.0 Å². The van der Waals surface area contributed by atoms with Crippen molar-refractivity contribution in [2.45, 2.75) is 29.2 Å². The molecule has 2 aliphatic heterocycles. The Kier molecular flexibility index (Phi) is 14.1. The van der Waals surface area contributed by atoms with Crippen LogP contribution in [0.25, 0.3) is 0 Å². The molecule has 6 aromatic carbocycles. The number of carbonyl (C=O) groups excluding carboxylic acids is 3. The fraction of sp³-hybridized carbons (Fsp3) is 0.132. The zero-order valence-corrected chi connectivity index (χ0v) is 39.8. The SMILES string of the molecule is O=C(O)C1=C(CI)CS[C@H]2[C@H](NC(=O)C(=NOC(C(=O)OC(c3ccccc3)c3ccccc3)c3ccccc3)c3csc(NC(c4ccccc4)(c4ccccc4)c4ccccc4)n3)C(=O)N12. The molecule has 15 heteroatoms. The van der Waals surface area contributed by atoms with E-state index in [1.807, 2.05) is 152 Å². The van der Waals surface area contributed by atoms with Crippen LogP contribution < -0.4 is 10.6 Å². The Labute approximate surface area is 414 Å². The van der Waals surface area contributed by atoms with Crippen LogP contribution in [-0.2, 0) is 34.3 Å². The van der Waals surface area contributed by atoms with Gasteiger partial charge in [-0.15, -0.1) is 23.1 Å². The highest BCUT2D eigenvalue weighted by molar-refractivity contribution is 14.1. The molecule has 12 nitrogen and oxygen atoms in total. The van der Waals surface area contributed by atoms with Crippen molar-refractivity contribution in [1.29, 1.82) is 0 Å². The van der Waals surface area contributed by atoms with Crippen molar-refractivity contribution in [1.82, 2.24) is 15.2 Å². The summed E-state index contributed by atoms with van der Waals surface area (Å²) in [5.41, 5.74) is 3.99. The van der Waals surface area contributed by atoms with Crippen molar-refractivity contribution in [2.24, 2.45) is 5.16 Å². The van der Waals surface area contributed by atoms with Gasteiger partial charge in [0.1, 0.15) is 28.3 Å². The Morgan fingerprint density at radius 2 is 1.24 bits per heavy atom. The number of hydrogen-bond donors (Lipinski definition) is 3. The summed E-state index contributed by atoms with van der Waals surface area (Å²) in [4.78, 5) is 67.7. The number of β-lactam (4-membered cyclic amide) rings is 1. The topological polar surface area (TPSA) is 160 Å². The summed E-state index contributed by atoms with van der Waals surface area (Å²) in [7, 11) is 0. The lowest BCUT2D eigenvalue weighted by Gasteiger charge is -2.49. The average Bonchev–Trinajstić information content (AvgIpc) is 3.86. The van der Waals surface area contributed by atoms with Gasteiger partial charge in [0.15, 0.2) is 16.9 Å². The number of halogens is 1. The number of esters is 1. The lowest BCUT2D eigenvalue weighted by atomic mass is 9.77. The molecule has 68 heavy (non-hydrogen) atoms. The van der Waals surface area contributed by atoms with Crippen molar-refractivity contribution in [3.63, 3.8) is 0 Å². The van der Waals surface area contributed by atoms with Gasteiger partial charge in [0, 0.05) is 21.1 Å². The highest BCUT2D eigenvalue weighted by atomic mass is 127. The van der Waals surface area contributed by atoms with Crippen molar-refractivity contribution in [3.05, 3.63) is 238 Å². The van der Waals surface area contributed by atoms with Crippen LogP contribution in [0, 0.1) is 0 Å². The monoisotopic (exact) mass is 1050 g/mol. The van der Waals surface area contributed by atoms with E-state index in [-0.39, 0.29) is 17.1 Å². The van der Waals surface area contributed by atoms with Gasteiger partial charge in [0.05, 0.1) is 0 Å². The first-order chi connectivity index (χ1) is 33.3. The van der Waals surface area contributed by atoms with Gasteiger partial charge >= 0.3 is 11.9 Å². The molecular formula is C53H42IN5O7S2. The number of alkyl halides is 1. The number of amides is 2. The van der Waals surface area contributed by atoms with Crippen LogP contribution in [0.1, 0.15) is 51.3 Å². The second kappa shape index (κ2) is 20.8. The summed E-state index contributed by atoms with van der Waals surface area (Å²) < 4.78 is 6.70. The van der Waals surface area contributed by atoms with E-state index in [2.05, 4.69) is 38.4 Å². The molecule has 0 spiro atoms. The molecule has 0 aliphatic carbocycles. The molecule has 340 valence electrons. The summed E-state index contributed by atoms with van der Waals surface area (Å²) in [6, 6.07) is 56.2. The van der Waals surface area contributed by atoms with E-state index >= 15 is 0 Å². The van der Waals surface area contributed by atoms with E-state index in [9.17, 15) is 24.3 Å². The predicted molar refractivity (Wildman–Crippen MR) is 271 cm³/mol. The van der Waals surface area contributed by atoms with Gasteiger partial charge in [0.2, 0.25) is 6.10 Å². The number of aromatic nitrogens is 1. The van der Waals surface area contributed by atoms with Crippen molar-refractivity contribution in [3.8, 4) is 0 Å². The summed E-state index contributed by atoms with van der Waals surface area (Å²) in [5, 5.41) is 22.4. The van der Waals surface area contributed by atoms with Gasteiger partial charge in [0.25, 0.3) is 11.8 Å². The number of carbonyl (C=O) groups is 4. The molecule has 7 aromatic rings. The second-order valence-corrected chi connectivity index (χ2v) is 18.5. The largest absolute Gasteiger partial charge is 0.477 e. The van der Waals surface area contributed by atoms with E-state index in [0.717, 1.165) is 27.8 Å². The first kappa shape index (κ1) is 46.0. The second-order valence-electron chi connectivity index (χ2n) is 15.7. The molecule has 0 radical (unpaired) electrons. The Balaban J connectivity index is 1.10. The van der Waals surface area contributed by atoms with Crippen LogP contribution in [0.2, 0.25) is 0 Å². The molecule has 2 amide bonds. The van der Waals surface area contributed by atoms with Crippen LogP contribution in [0.4, 0.5) is 5.13 Å².